The zero-order valence-corrected chi connectivity index (χ0v) is 14.9. The van der Waals surface area contributed by atoms with Gasteiger partial charge in [-0.1, -0.05) is 58.0 Å². The lowest BCUT2D eigenvalue weighted by Crippen LogP contribution is -2.11. The number of benzene rings is 1. The number of rotatable bonds is 3. The summed E-state index contributed by atoms with van der Waals surface area (Å²) in [7, 11) is 0. The van der Waals surface area contributed by atoms with Crippen LogP contribution in [0.1, 0.15) is 23.1 Å². The van der Waals surface area contributed by atoms with E-state index in [2.05, 4.69) is 5.10 Å². The van der Waals surface area contributed by atoms with Crippen molar-refractivity contribution in [2.24, 2.45) is 0 Å². The van der Waals surface area contributed by atoms with Gasteiger partial charge in [0, 0.05) is 5.02 Å². The van der Waals surface area contributed by atoms with Crippen molar-refractivity contribution in [1.29, 1.82) is 0 Å². The van der Waals surface area contributed by atoms with Gasteiger partial charge in [0.25, 0.3) is 0 Å². The smallest absolute Gasteiger partial charge is 0.358 e. The van der Waals surface area contributed by atoms with Crippen molar-refractivity contribution in [2.45, 2.75) is 10.7 Å². The Kier molecular flexibility index (Phi) is 5.51. The van der Waals surface area contributed by atoms with Gasteiger partial charge in [-0.3, -0.25) is 0 Å². The molecule has 118 valence electrons. The van der Waals surface area contributed by atoms with Crippen molar-refractivity contribution in [3.63, 3.8) is 0 Å². The summed E-state index contributed by atoms with van der Waals surface area (Å²) < 4.78 is 4.37. The summed E-state index contributed by atoms with van der Waals surface area (Å²) in [6.07, 6.45) is 0. The average molecular weight is 402 g/mol. The van der Waals surface area contributed by atoms with E-state index >= 15 is 0 Å². The van der Waals surface area contributed by atoms with Crippen LogP contribution in [-0.4, -0.2) is 22.4 Å². The Hall–Kier alpha value is -0.650. The molecule has 4 nitrogen and oxygen atoms in total. The molecule has 1 aromatic heterocycles. The lowest BCUT2D eigenvalue weighted by atomic mass is 10.3. The second-order valence-electron chi connectivity index (χ2n) is 4.14. The molecule has 0 fully saturated rings. The fourth-order valence-electron chi connectivity index (χ4n) is 1.72. The Morgan fingerprint density at radius 3 is 2.50 bits per heavy atom. The Bertz CT molecular complexity index is 709. The van der Waals surface area contributed by atoms with Crippen molar-refractivity contribution in [2.75, 3.05) is 6.61 Å². The number of hydrogen-bond acceptors (Lipinski definition) is 3. The van der Waals surface area contributed by atoms with Gasteiger partial charge in [-0.2, -0.15) is 5.10 Å². The number of esters is 1. The standard InChI is InChI=1S/C13H9Cl5N2O2/c1-2-22-12(21)9-6-11(13(16,17)18)20(19-9)10-4-3-7(14)5-8(10)15/h3-6H,2H2,1H3. The van der Waals surface area contributed by atoms with Gasteiger partial charge in [0.1, 0.15) is 0 Å². The molecule has 0 aliphatic rings. The maximum absolute atomic E-state index is 11.8. The fourth-order valence-corrected chi connectivity index (χ4v) is 2.62. The normalized spacial score (nSPS) is 11.5. The lowest BCUT2D eigenvalue weighted by Gasteiger charge is -2.14. The van der Waals surface area contributed by atoms with Crippen LogP contribution in [0.3, 0.4) is 0 Å². The van der Waals surface area contributed by atoms with Crippen LogP contribution < -0.4 is 0 Å². The van der Waals surface area contributed by atoms with Gasteiger partial charge in [0.2, 0.25) is 3.79 Å². The van der Waals surface area contributed by atoms with E-state index in [0.717, 1.165) is 0 Å². The molecule has 2 rings (SSSR count). The van der Waals surface area contributed by atoms with Crippen LogP contribution in [0, 0.1) is 0 Å². The highest BCUT2D eigenvalue weighted by atomic mass is 35.6. The summed E-state index contributed by atoms with van der Waals surface area (Å²) in [6, 6.07) is 6.07. The molecule has 0 atom stereocenters. The first-order chi connectivity index (χ1) is 10.2. The van der Waals surface area contributed by atoms with Crippen molar-refractivity contribution < 1.29 is 9.53 Å². The summed E-state index contributed by atoms with van der Waals surface area (Å²) in [5, 5.41) is 4.86. The van der Waals surface area contributed by atoms with Crippen molar-refractivity contribution in [3.8, 4) is 5.69 Å². The molecule has 1 heterocycles. The molecular weight excluding hydrogens is 393 g/mol. The maximum atomic E-state index is 11.8. The highest BCUT2D eigenvalue weighted by Crippen LogP contribution is 2.40. The number of carbonyl (C=O) groups excluding carboxylic acids is 1. The molecule has 0 unspecified atom stereocenters. The monoisotopic (exact) mass is 400 g/mol. The van der Waals surface area contributed by atoms with Crippen molar-refractivity contribution in [1.82, 2.24) is 9.78 Å². The highest BCUT2D eigenvalue weighted by Gasteiger charge is 2.31. The van der Waals surface area contributed by atoms with Crippen LogP contribution in [0.5, 0.6) is 0 Å². The zero-order chi connectivity index (χ0) is 16.5. The van der Waals surface area contributed by atoms with E-state index in [-0.39, 0.29) is 18.0 Å². The number of ether oxygens (including phenoxy) is 1. The number of hydrogen-bond donors (Lipinski definition) is 0. The minimum Gasteiger partial charge on any atom is -0.461 e. The summed E-state index contributed by atoms with van der Waals surface area (Å²) in [6.45, 7) is 1.89. The predicted molar refractivity (Wildman–Crippen MR) is 88.8 cm³/mol. The molecule has 0 spiro atoms. The van der Waals surface area contributed by atoms with E-state index in [1.165, 1.54) is 16.8 Å². The first kappa shape index (κ1) is 17.7. The minimum atomic E-state index is -1.80. The third-order valence-corrected chi connectivity index (χ3v) is 3.74. The number of nitrogens with zero attached hydrogens (tertiary/aromatic N) is 2. The average Bonchev–Trinajstić information content (AvgIpc) is 2.84. The van der Waals surface area contributed by atoms with E-state index in [0.29, 0.717) is 15.7 Å². The second-order valence-corrected chi connectivity index (χ2v) is 7.27. The van der Waals surface area contributed by atoms with Gasteiger partial charge in [0.05, 0.1) is 23.0 Å². The third-order valence-electron chi connectivity index (χ3n) is 2.62. The number of carbonyl (C=O) groups is 1. The molecule has 0 aliphatic carbocycles. The highest BCUT2D eigenvalue weighted by molar-refractivity contribution is 6.66. The Balaban J connectivity index is 2.60. The summed E-state index contributed by atoms with van der Waals surface area (Å²) in [5.41, 5.74) is 0.585. The molecule has 2 aromatic rings. The quantitative estimate of drug-likeness (QED) is 0.525. The van der Waals surface area contributed by atoms with Crippen LogP contribution in [0.2, 0.25) is 10.0 Å². The molecule has 0 amide bonds. The molecule has 0 bridgehead atoms. The molecular formula is C13H9Cl5N2O2. The second kappa shape index (κ2) is 6.85. The molecule has 0 aliphatic heterocycles. The van der Waals surface area contributed by atoms with Crippen molar-refractivity contribution in [3.05, 3.63) is 45.7 Å². The van der Waals surface area contributed by atoms with Gasteiger partial charge in [0.15, 0.2) is 5.69 Å². The Morgan fingerprint density at radius 1 is 1.27 bits per heavy atom. The lowest BCUT2D eigenvalue weighted by molar-refractivity contribution is 0.0519. The largest absolute Gasteiger partial charge is 0.461 e. The van der Waals surface area contributed by atoms with E-state index in [4.69, 9.17) is 62.7 Å². The van der Waals surface area contributed by atoms with E-state index < -0.39 is 9.76 Å². The SMILES string of the molecule is CCOC(=O)c1cc(C(Cl)(Cl)Cl)n(-c2ccc(Cl)cc2Cl)n1. The first-order valence-corrected chi connectivity index (χ1v) is 7.92. The van der Waals surface area contributed by atoms with Crippen LogP contribution in [0.4, 0.5) is 0 Å². The first-order valence-electron chi connectivity index (χ1n) is 6.04. The van der Waals surface area contributed by atoms with E-state index in [1.54, 1.807) is 19.1 Å². The van der Waals surface area contributed by atoms with Crippen LogP contribution in [0.15, 0.2) is 24.3 Å². The molecule has 9 heteroatoms. The van der Waals surface area contributed by atoms with Crippen LogP contribution >= 0.6 is 58.0 Å². The van der Waals surface area contributed by atoms with Gasteiger partial charge >= 0.3 is 5.97 Å². The van der Waals surface area contributed by atoms with Gasteiger partial charge < -0.3 is 4.74 Å². The number of alkyl halides is 3. The summed E-state index contributed by atoms with van der Waals surface area (Å²) in [4.78, 5) is 11.8. The van der Waals surface area contributed by atoms with Gasteiger partial charge in [-0.05, 0) is 31.2 Å². The molecule has 22 heavy (non-hydrogen) atoms. The minimum absolute atomic E-state index is 0.00851. The van der Waals surface area contributed by atoms with E-state index in [9.17, 15) is 4.79 Å². The molecule has 0 saturated heterocycles. The van der Waals surface area contributed by atoms with Gasteiger partial charge in [-0.25, -0.2) is 9.48 Å². The Labute approximate surface area is 151 Å². The zero-order valence-electron chi connectivity index (χ0n) is 11.1. The molecule has 1 aromatic carbocycles. The summed E-state index contributed by atoms with van der Waals surface area (Å²) >= 11 is 29.8. The number of aromatic nitrogens is 2. The van der Waals surface area contributed by atoms with Crippen LogP contribution in [-0.2, 0) is 8.53 Å². The van der Waals surface area contributed by atoms with Crippen molar-refractivity contribution >= 4 is 64.0 Å². The Morgan fingerprint density at radius 2 is 1.95 bits per heavy atom. The van der Waals surface area contributed by atoms with Crippen LogP contribution in [0.25, 0.3) is 5.69 Å². The van der Waals surface area contributed by atoms with E-state index in [1.807, 2.05) is 0 Å². The topological polar surface area (TPSA) is 44.1 Å². The van der Waals surface area contributed by atoms with Gasteiger partial charge in [-0.15, -0.1) is 0 Å². The maximum Gasteiger partial charge on any atom is 0.358 e. The summed E-state index contributed by atoms with van der Waals surface area (Å²) in [5.74, 6) is -0.623. The molecule has 0 N–H and O–H groups in total. The third kappa shape index (κ3) is 3.81. The number of halogens is 5. The molecule has 0 saturated carbocycles. The molecule has 0 radical (unpaired) electrons. The fraction of sp³-hybridized carbons (Fsp3) is 0.231. The predicted octanol–water partition coefficient (Wildman–Crippen LogP) is 5.18.